The highest BCUT2D eigenvalue weighted by atomic mass is 31.2. The standard InChI is InChI=1S/C22H26F3N6O5P/c1-13(21(32)34-2)30-37(33,36-17-7-4-15(5-8-17)22(23,24)25)35-10-14-3-6-16(9-14)31-12-29-18-19(26)27-11-28-20(18)31/h3-8,11-14,16,18,20H,9-10H2,1-2H3,(H,30,33)(H2,26,27,28)/t13-,14-,16+,18?,20?,37?/m0/s1. The van der Waals surface area contributed by atoms with E-state index in [1.54, 1.807) is 6.34 Å². The van der Waals surface area contributed by atoms with Crippen LogP contribution < -0.4 is 15.3 Å². The van der Waals surface area contributed by atoms with Crippen molar-refractivity contribution >= 4 is 32.2 Å². The van der Waals surface area contributed by atoms with E-state index in [-0.39, 0.29) is 36.5 Å². The highest BCUT2D eigenvalue weighted by Crippen LogP contribution is 2.46. The lowest BCUT2D eigenvalue weighted by molar-refractivity contribution is -0.142. The largest absolute Gasteiger partial charge is 0.468 e. The van der Waals surface area contributed by atoms with Gasteiger partial charge in [0.2, 0.25) is 0 Å². The van der Waals surface area contributed by atoms with Crippen LogP contribution in [0.2, 0.25) is 0 Å². The lowest BCUT2D eigenvalue weighted by Gasteiger charge is -2.30. The van der Waals surface area contributed by atoms with E-state index in [2.05, 4.69) is 24.8 Å². The third-order valence-corrected chi connectivity index (χ3v) is 7.63. The Hall–Kier alpha value is -3.22. The molecule has 0 amide bonds. The molecule has 1 aromatic rings. The average Bonchev–Trinajstić information content (AvgIpc) is 3.49. The molecule has 0 aromatic heterocycles. The minimum atomic E-state index is -4.54. The van der Waals surface area contributed by atoms with E-state index >= 15 is 0 Å². The number of carbonyl (C=O) groups is 1. The summed E-state index contributed by atoms with van der Waals surface area (Å²) in [5.74, 6) is -0.655. The monoisotopic (exact) mass is 542 g/mol. The number of nitrogens with one attached hydrogen (secondary N) is 1. The number of benzene rings is 1. The van der Waals surface area contributed by atoms with Crippen LogP contribution in [0, 0.1) is 5.92 Å². The summed E-state index contributed by atoms with van der Waals surface area (Å²) in [5.41, 5.74) is 5.02. The van der Waals surface area contributed by atoms with Crippen LogP contribution in [0.5, 0.6) is 5.75 Å². The van der Waals surface area contributed by atoms with E-state index in [1.165, 1.54) is 13.3 Å². The maximum absolute atomic E-state index is 13.5. The number of fused-ring (bicyclic) bond motifs is 1. The van der Waals surface area contributed by atoms with Crippen LogP contribution in [-0.2, 0) is 24.8 Å². The van der Waals surface area contributed by atoms with E-state index in [4.69, 9.17) is 14.8 Å². The Morgan fingerprint density at radius 3 is 2.68 bits per heavy atom. The molecule has 2 heterocycles. The molecule has 0 saturated carbocycles. The fourth-order valence-corrected chi connectivity index (χ4v) is 5.61. The Bertz CT molecular complexity index is 1170. The number of amidine groups is 1. The predicted octanol–water partition coefficient (Wildman–Crippen LogP) is 2.74. The molecule has 3 aliphatic rings. The van der Waals surface area contributed by atoms with Crippen molar-refractivity contribution in [3.63, 3.8) is 0 Å². The van der Waals surface area contributed by atoms with E-state index in [0.717, 1.165) is 31.4 Å². The van der Waals surface area contributed by atoms with Crippen molar-refractivity contribution in [3.8, 4) is 5.75 Å². The molecule has 0 saturated heterocycles. The summed E-state index contributed by atoms with van der Waals surface area (Å²) in [6.45, 7) is 1.34. The maximum atomic E-state index is 13.5. The van der Waals surface area contributed by atoms with Crippen LogP contribution in [0.4, 0.5) is 13.2 Å². The van der Waals surface area contributed by atoms with Gasteiger partial charge in [0.25, 0.3) is 0 Å². The minimum Gasteiger partial charge on any atom is -0.468 e. The fraction of sp³-hybridized carbons (Fsp3) is 0.455. The number of carbonyl (C=O) groups excluding carboxylic acids is 1. The number of nitrogens with zero attached hydrogens (tertiary/aromatic N) is 4. The topological polar surface area (TPSA) is 140 Å². The molecule has 11 nitrogen and oxygen atoms in total. The van der Waals surface area contributed by atoms with Crippen molar-refractivity contribution in [1.82, 2.24) is 9.99 Å². The van der Waals surface area contributed by atoms with Gasteiger partial charge in [-0.05, 0) is 37.6 Å². The molecular formula is C22H26F3N6O5P. The quantitative estimate of drug-likeness (QED) is 0.276. The molecule has 0 spiro atoms. The van der Waals surface area contributed by atoms with Gasteiger partial charge in [-0.2, -0.15) is 18.3 Å². The van der Waals surface area contributed by atoms with Crippen LogP contribution in [-0.4, -0.2) is 67.4 Å². The summed E-state index contributed by atoms with van der Waals surface area (Å²) < 4.78 is 67.9. The van der Waals surface area contributed by atoms with Gasteiger partial charge in [-0.3, -0.25) is 14.3 Å². The molecule has 0 fully saturated rings. The third kappa shape index (κ3) is 6.20. The first-order valence-electron chi connectivity index (χ1n) is 11.3. The molecule has 0 bridgehead atoms. The van der Waals surface area contributed by atoms with Gasteiger partial charge < -0.3 is 19.9 Å². The zero-order valence-electron chi connectivity index (χ0n) is 19.9. The molecular weight excluding hydrogens is 516 g/mol. The molecule has 4 rings (SSSR count). The number of aliphatic imine (C=N–C) groups is 3. The van der Waals surface area contributed by atoms with E-state index < -0.39 is 31.5 Å². The summed E-state index contributed by atoms with van der Waals surface area (Å²) in [7, 11) is -3.05. The van der Waals surface area contributed by atoms with Crippen molar-refractivity contribution in [3.05, 3.63) is 42.0 Å². The van der Waals surface area contributed by atoms with Crippen LogP contribution in [0.1, 0.15) is 18.9 Å². The normalized spacial score (nSPS) is 26.9. The second-order valence-electron chi connectivity index (χ2n) is 8.62. The van der Waals surface area contributed by atoms with Crippen molar-refractivity contribution in [2.24, 2.45) is 26.6 Å². The van der Waals surface area contributed by atoms with Crippen molar-refractivity contribution in [1.29, 1.82) is 0 Å². The Balaban J connectivity index is 1.41. The summed E-state index contributed by atoms with van der Waals surface area (Å²) in [5, 5.41) is 2.48. The summed E-state index contributed by atoms with van der Waals surface area (Å²) in [6.07, 6.45) is 2.66. The molecule has 2 aliphatic heterocycles. The van der Waals surface area contributed by atoms with Gasteiger partial charge >= 0.3 is 19.9 Å². The fourth-order valence-electron chi connectivity index (χ4n) is 4.06. The average molecular weight is 542 g/mol. The lowest BCUT2D eigenvalue weighted by atomic mass is 10.1. The number of ether oxygens (including phenoxy) is 1. The minimum absolute atomic E-state index is 0.0578. The summed E-state index contributed by atoms with van der Waals surface area (Å²) in [4.78, 5) is 26.6. The third-order valence-electron chi connectivity index (χ3n) is 5.98. The molecule has 37 heavy (non-hydrogen) atoms. The number of esters is 1. The highest BCUT2D eigenvalue weighted by molar-refractivity contribution is 7.52. The second kappa shape index (κ2) is 10.6. The zero-order valence-corrected chi connectivity index (χ0v) is 20.8. The van der Waals surface area contributed by atoms with Crippen LogP contribution in [0.25, 0.3) is 0 Å². The zero-order chi connectivity index (χ0) is 26.8. The predicted molar refractivity (Wildman–Crippen MR) is 129 cm³/mol. The first-order valence-corrected chi connectivity index (χ1v) is 12.8. The lowest BCUT2D eigenvalue weighted by Crippen LogP contribution is -2.47. The summed E-state index contributed by atoms with van der Waals surface area (Å²) >= 11 is 0. The van der Waals surface area contributed by atoms with E-state index in [9.17, 15) is 22.5 Å². The number of hydrogen-bond acceptors (Lipinski definition) is 10. The van der Waals surface area contributed by atoms with Gasteiger partial charge in [-0.15, -0.1) is 0 Å². The highest BCUT2D eigenvalue weighted by Gasteiger charge is 2.40. The van der Waals surface area contributed by atoms with Gasteiger partial charge in [-0.1, -0.05) is 12.2 Å². The molecule has 200 valence electrons. The molecule has 1 aliphatic carbocycles. The molecule has 15 heteroatoms. The number of halogens is 3. The Morgan fingerprint density at radius 1 is 1.27 bits per heavy atom. The Labute approximate surface area is 210 Å². The van der Waals surface area contributed by atoms with Gasteiger partial charge in [0.05, 0.1) is 31.7 Å². The number of nitrogens with two attached hydrogens (primary N) is 1. The Morgan fingerprint density at radius 2 is 2.00 bits per heavy atom. The molecule has 3 unspecified atom stereocenters. The number of hydrogen-bond donors (Lipinski definition) is 2. The first-order chi connectivity index (χ1) is 17.5. The maximum Gasteiger partial charge on any atom is 0.459 e. The molecule has 0 radical (unpaired) electrons. The smallest absolute Gasteiger partial charge is 0.459 e. The van der Waals surface area contributed by atoms with Crippen LogP contribution >= 0.6 is 7.75 Å². The van der Waals surface area contributed by atoms with Gasteiger partial charge in [0.1, 0.15) is 30.0 Å². The van der Waals surface area contributed by atoms with Gasteiger partial charge in [0, 0.05) is 5.92 Å². The number of rotatable bonds is 9. The molecule has 1 aromatic carbocycles. The van der Waals surface area contributed by atoms with Crippen molar-refractivity contribution < 1.29 is 36.3 Å². The van der Waals surface area contributed by atoms with E-state index in [1.807, 2.05) is 17.1 Å². The van der Waals surface area contributed by atoms with Crippen LogP contribution in [0.3, 0.4) is 0 Å². The van der Waals surface area contributed by atoms with Crippen molar-refractivity contribution in [2.45, 2.75) is 43.8 Å². The first kappa shape index (κ1) is 26.8. The number of methoxy groups -OCH3 is 1. The van der Waals surface area contributed by atoms with Gasteiger partial charge in [-0.25, -0.2) is 14.5 Å². The summed E-state index contributed by atoms with van der Waals surface area (Å²) in [6, 6.07) is 2.14. The second-order valence-corrected chi connectivity index (χ2v) is 10.3. The molecule has 6 atom stereocenters. The SMILES string of the molecule is COC(=O)[C@H](C)NP(=O)(OC[C@H]1C=C[C@@H](N2C=NC3C(N)=NC=NC32)C1)Oc1ccc(C(F)(F)F)cc1. The number of alkyl halides is 3. The van der Waals surface area contributed by atoms with E-state index in [0.29, 0.717) is 12.3 Å². The Kier molecular flexibility index (Phi) is 7.72. The van der Waals surface area contributed by atoms with Crippen molar-refractivity contribution in [2.75, 3.05) is 13.7 Å². The molecule has 3 N–H and O–H groups in total. The van der Waals surface area contributed by atoms with Gasteiger partial charge in [0.15, 0.2) is 6.17 Å². The van der Waals surface area contributed by atoms with Crippen LogP contribution in [0.15, 0.2) is 51.4 Å².